The summed E-state index contributed by atoms with van der Waals surface area (Å²) in [6.45, 7) is -0.148. The summed E-state index contributed by atoms with van der Waals surface area (Å²) >= 11 is 0. The van der Waals surface area contributed by atoms with Crippen LogP contribution in [0.3, 0.4) is 0 Å². The molecule has 0 saturated heterocycles. The van der Waals surface area contributed by atoms with Crippen LogP contribution in [0.1, 0.15) is 54.1 Å². The SMILES string of the molecule is COC(=O)c1ccc([C@@H](C(=O)NC2CCCCC2)N(C(=O)Cn2nnc3ccccc32)c2cccc(OC)c2)cc1. The summed E-state index contributed by atoms with van der Waals surface area (Å²) in [6.07, 6.45) is 5.00. The maximum absolute atomic E-state index is 14.2. The van der Waals surface area contributed by atoms with E-state index in [0.29, 0.717) is 33.6 Å². The molecular weight excluding hydrogens is 522 g/mol. The molecule has 10 nitrogen and oxygen atoms in total. The number of carbonyl (C=O) groups excluding carboxylic acids is 3. The first-order valence-corrected chi connectivity index (χ1v) is 13.7. The van der Waals surface area contributed by atoms with Gasteiger partial charge in [0.15, 0.2) is 0 Å². The van der Waals surface area contributed by atoms with E-state index in [-0.39, 0.29) is 24.4 Å². The van der Waals surface area contributed by atoms with Crippen molar-refractivity contribution in [1.29, 1.82) is 0 Å². The molecule has 1 fully saturated rings. The zero-order valence-electron chi connectivity index (χ0n) is 23.2. The molecule has 3 aromatic carbocycles. The van der Waals surface area contributed by atoms with Crippen molar-refractivity contribution in [2.45, 2.75) is 50.7 Å². The van der Waals surface area contributed by atoms with E-state index in [1.165, 1.54) is 16.7 Å². The number of ether oxygens (including phenoxy) is 2. The Morgan fingerprint density at radius 2 is 1.73 bits per heavy atom. The number of esters is 1. The summed E-state index contributed by atoms with van der Waals surface area (Å²) < 4.78 is 11.8. The van der Waals surface area contributed by atoms with E-state index in [2.05, 4.69) is 15.6 Å². The monoisotopic (exact) mass is 555 g/mol. The smallest absolute Gasteiger partial charge is 0.337 e. The summed E-state index contributed by atoms with van der Waals surface area (Å²) in [5, 5.41) is 11.6. The van der Waals surface area contributed by atoms with E-state index in [4.69, 9.17) is 9.47 Å². The van der Waals surface area contributed by atoms with Crippen molar-refractivity contribution in [1.82, 2.24) is 20.3 Å². The number of rotatable bonds is 9. The van der Waals surface area contributed by atoms with Crippen molar-refractivity contribution < 1.29 is 23.9 Å². The fourth-order valence-corrected chi connectivity index (χ4v) is 5.30. The molecule has 5 rings (SSSR count). The van der Waals surface area contributed by atoms with E-state index in [1.54, 1.807) is 55.6 Å². The Morgan fingerprint density at radius 3 is 2.46 bits per heavy atom. The van der Waals surface area contributed by atoms with Crippen LogP contribution >= 0.6 is 0 Å². The van der Waals surface area contributed by atoms with Crippen LogP contribution in [0.15, 0.2) is 72.8 Å². The molecule has 1 aliphatic carbocycles. The molecule has 212 valence electrons. The van der Waals surface area contributed by atoms with Gasteiger partial charge in [-0.25, -0.2) is 9.48 Å². The van der Waals surface area contributed by atoms with Gasteiger partial charge in [0.1, 0.15) is 23.9 Å². The fraction of sp³-hybridized carbons (Fsp3) is 0.323. The van der Waals surface area contributed by atoms with Gasteiger partial charge in [0.2, 0.25) is 11.8 Å². The zero-order chi connectivity index (χ0) is 28.8. The van der Waals surface area contributed by atoms with Gasteiger partial charge in [-0.3, -0.25) is 14.5 Å². The summed E-state index contributed by atoms with van der Waals surface area (Å²) in [4.78, 5) is 41.9. The van der Waals surface area contributed by atoms with Gasteiger partial charge < -0.3 is 14.8 Å². The molecule has 1 N–H and O–H groups in total. The number of amides is 2. The van der Waals surface area contributed by atoms with Gasteiger partial charge in [0.25, 0.3) is 0 Å². The molecule has 4 aromatic rings. The molecule has 0 radical (unpaired) electrons. The lowest BCUT2D eigenvalue weighted by Crippen LogP contribution is -2.48. The third-order valence-electron chi connectivity index (χ3n) is 7.41. The second kappa shape index (κ2) is 12.6. The number of aromatic nitrogens is 3. The standard InChI is InChI=1S/C31H33N5O5/c1-40-25-12-8-11-24(19-25)36(28(37)20-35-27-14-7-6-13-26(27)33-34-35)29(30(38)32-23-9-4-3-5-10-23)21-15-17-22(18-16-21)31(39)41-2/h6-8,11-19,23,29H,3-5,9-10,20H2,1-2H3,(H,32,38)/t29-/m0/s1. The molecular formula is C31H33N5O5. The normalized spacial score (nSPS) is 14.3. The predicted octanol–water partition coefficient (Wildman–Crippen LogP) is 4.45. The Bertz CT molecular complexity index is 1530. The average molecular weight is 556 g/mol. The molecule has 1 heterocycles. The Hall–Kier alpha value is -4.73. The quantitative estimate of drug-likeness (QED) is 0.303. The minimum absolute atomic E-state index is 0.0228. The molecule has 0 bridgehead atoms. The second-order valence-electron chi connectivity index (χ2n) is 10.1. The number of benzene rings is 3. The van der Waals surface area contributed by atoms with Gasteiger partial charge in [-0.1, -0.05) is 54.8 Å². The van der Waals surface area contributed by atoms with Crippen LogP contribution in [0.4, 0.5) is 5.69 Å². The number of carbonyl (C=O) groups is 3. The van der Waals surface area contributed by atoms with Gasteiger partial charge in [0, 0.05) is 17.8 Å². The Morgan fingerprint density at radius 1 is 0.976 bits per heavy atom. The molecule has 1 atom stereocenters. The summed E-state index contributed by atoms with van der Waals surface area (Å²) in [6, 6.07) is 20.0. The van der Waals surface area contributed by atoms with Crippen LogP contribution in [0.25, 0.3) is 11.0 Å². The summed E-state index contributed by atoms with van der Waals surface area (Å²) in [7, 11) is 2.86. The molecule has 1 aromatic heterocycles. The van der Waals surface area contributed by atoms with Crippen molar-refractivity contribution in [2.24, 2.45) is 0 Å². The largest absolute Gasteiger partial charge is 0.497 e. The van der Waals surface area contributed by atoms with Crippen LogP contribution in [-0.4, -0.2) is 53.0 Å². The highest BCUT2D eigenvalue weighted by atomic mass is 16.5. The van der Waals surface area contributed by atoms with E-state index < -0.39 is 12.0 Å². The number of para-hydroxylation sites is 1. The van der Waals surface area contributed by atoms with Crippen LogP contribution in [0.2, 0.25) is 0 Å². The Labute approximate surface area is 238 Å². The molecule has 2 amide bonds. The number of fused-ring (bicyclic) bond motifs is 1. The third kappa shape index (κ3) is 6.21. The van der Waals surface area contributed by atoms with Crippen molar-refractivity contribution in [3.05, 3.63) is 83.9 Å². The Balaban J connectivity index is 1.58. The molecule has 1 aliphatic rings. The first kappa shape index (κ1) is 27.8. The van der Waals surface area contributed by atoms with E-state index >= 15 is 0 Å². The lowest BCUT2D eigenvalue weighted by molar-refractivity contribution is -0.127. The highest BCUT2D eigenvalue weighted by Crippen LogP contribution is 2.32. The topological polar surface area (TPSA) is 116 Å². The minimum atomic E-state index is -1.03. The van der Waals surface area contributed by atoms with Crippen LogP contribution in [0.5, 0.6) is 5.75 Å². The molecule has 0 unspecified atom stereocenters. The van der Waals surface area contributed by atoms with Gasteiger partial charge >= 0.3 is 5.97 Å². The van der Waals surface area contributed by atoms with E-state index in [1.807, 2.05) is 24.3 Å². The zero-order valence-corrected chi connectivity index (χ0v) is 23.2. The van der Waals surface area contributed by atoms with Gasteiger partial charge in [-0.2, -0.15) is 0 Å². The maximum Gasteiger partial charge on any atom is 0.337 e. The predicted molar refractivity (Wildman–Crippen MR) is 154 cm³/mol. The molecule has 41 heavy (non-hydrogen) atoms. The molecule has 0 aliphatic heterocycles. The maximum atomic E-state index is 14.2. The first-order valence-electron chi connectivity index (χ1n) is 13.7. The summed E-state index contributed by atoms with van der Waals surface area (Å²) in [5.41, 5.74) is 2.75. The van der Waals surface area contributed by atoms with Gasteiger partial charge in [-0.05, 0) is 54.8 Å². The number of nitrogens with zero attached hydrogens (tertiary/aromatic N) is 4. The van der Waals surface area contributed by atoms with Crippen LogP contribution in [-0.2, 0) is 20.9 Å². The highest BCUT2D eigenvalue weighted by molar-refractivity contribution is 6.02. The van der Waals surface area contributed by atoms with Crippen molar-refractivity contribution in [2.75, 3.05) is 19.1 Å². The van der Waals surface area contributed by atoms with E-state index in [0.717, 1.165) is 32.1 Å². The average Bonchev–Trinajstić information content (AvgIpc) is 3.42. The number of hydrogen-bond acceptors (Lipinski definition) is 7. The highest BCUT2D eigenvalue weighted by Gasteiger charge is 2.35. The second-order valence-corrected chi connectivity index (χ2v) is 10.1. The minimum Gasteiger partial charge on any atom is -0.497 e. The Kier molecular flexibility index (Phi) is 8.57. The van der Waals surface area contributed by atoms with Crippen molar-refractivity contribution >= 4 is 34.5 Å². The molecule has 10 heteroatoms. The summed E-state index contributed by atoms with van der Waals surface area (Å²) in [5.74, 6) is -0.616. The van der Waals surface area contributed by atoms with Crippen molar-refractivity contribution in [3.63, 3.8) is 0 Å². The number of nitrogens with one attached hydrogen (secondary N) is 1. The molecule has 1 saturated carbocycles. The number of anilines is 1. The molecule has 0 spiro atoms. The van der Waals surface area contributed by atoms with Crippen LogP contribution in [0, 0.1) is 0 Å². The third-order valence-corrected chi connectivity index (χ3v) is 7.41. The van der Waals surface area contributed by atoms with Crippen LogP contribution < -0.4 is 15.0 Å². The number of hydrogen-bond donors (Lipinski definition) is 1. The van der Waals surface area contributed by atoms with Gasteiger partial charge in [-0.15, -0.1) is 5.10 Å². The fourth-order valence-electron chi connectivity index (χ4n) is 5.30. The van der Waals surface area contributed by atoms with Gasteiger partial charge in [0.05, 0.1) is 25.3 Å². The van der Waals surface area contributed by atoms with E-state index in [9.17, 15) is 14.4 Å². The lowest BCUT2D eigenvalue weighted by atomic mass is 9.94. The van der Waals surface area contributed by atoms with Crippen molar-refractivity contribution in [3.8, 4) is 5.75 Å². The lowest BCUT2D eigenvalue weighted by Gasteiger charge is -2.33. The first-order chi connectivity index (χ1) is 20.0. The number of methoxy groups -OCH3 is 2.